The van der Waals surface area contributed by atoms with E-state index in [0.717, 1.165) is 5.56 Å². The van der Waals surface area contributed by atoms with E-state index in [4.69, 9.17) is 19.9 Å². The van der Waals surface area contributed by atoms with Gasteiger partial charge in [0.05, 0.1) is 26.0 Å². The molecule has 0 spiro atoms. The monoisotopic (exact) mass is 491 g/mol. The number of hydrogen-bond donors (Lipinski definition) is 3. The van der Waals surface area contributed by atoms with Gasteiger partial charge in [-0.2, -0.15) is 5.10 Å². The van der Waals surface area contributed by atoms with Gasteiger partial charge < -0.3 is 25.1 Å². The highest BCUT2D eigenvalue weighted by Gasteiger charge is 2.15. The van der Waals surface area contributed by atoms with Crippen molar-refractivity contribution < 1.29 is 28.9 Å². The highest BCUT2D eigenvalue weighted by Crippen LogP contribution is 2.38. The predicted molar refractivity (Wildman–Crippen MR) is 136 cm³/mol. The molecule has 0 fully saturated rings. The van der Waals surface area contributed by atoms with Gasteiger partial charge in [-0.15, -0.1) is 0 Å². The van der Waals surface area contributed by atoms with Crippen molar-refractivity contribution in [3.8, 4) is 23.0 Å². The number of carbonyl (C=O) groups excluding carboxylic acids is 2. The van der Waals surface area contributed by atoms with E-state index in [1.807, 2.05) is 12.1 Å². The zero-order valence-corrected chi connectivity index (χ0v) is 20.6. The Labute approximate surface area is 209 Å². The fraction of sp³-hybridized carbons (Fsp3) is 0.222. The van der Waals surface area contributed by atoms with Gasteiger partial charge in [0.15, 0.2) is 11.5 Å². The van der Waals surface area contributed by atoms with Crippen molar-refractivity contribution in [1.29, 1.82) is 0 Å². The first kappa shape index (κ1) is 26.1. The minimum atomic E-state index is -0.847. The van der Waals surface area contributed by atoms with Crippen LogP contribution in [0, 0.1) is 0 Å². The summed E-state index contributed by atoms with van der Waals surface area (Å²) in [6.45, 7) is 4.61. The summed E-state index contributed by atoms with van der Waals surface area (Å²) in [6.07, 6.45) is 1.41. The molecule has 9 heteroatoms. The highest BCUT2D eigenvalue weighted by molar-refractivity contribution is 6.01. The second kappa shape index (κ2) is 11.7. The van der Waals surface area contributed by atoms with Gasteiger partial charge >= 0.3 is 0 Å². The Balaban J connectivity index is 1.73. The first-order valence-corrected chi connectivity index (χ1v) is 11.2. The third-order valence-corrected chi connectivity index (χ3v) is 5.42. The largest absolute Gasteiger partial charge is 0.507 e. The fourth-order valence-electron chi connectivity index (χ4n) is 3.38. The summed E-state index contributed by atoms with van der Waals surface area (Å²) < 4.78 is 17.0. The second-order valence-electron chi connectivity index (χ2n) is 8.23. The summed E-state index contributed by atoms with van der Waals surface area (Å²) in [7, 11) is 3.03. The second-order valence-corrected chi connectivity index (χ2v) is 8.23. The normalized spacial score (nSPS) is 10.9. The Morgan fingerprint density at radius 3 is 2.22 bits per heavy atom. The topological polar surface area (TPSA) is 132 Å². The molecular weight excluding hydrogens is 462 g/mol. The van der Waals surface area contributed by atoms with Crippen molar-refractivity contribution in [3.63, 3.8) is 0 Å². The average Bonchev–Trinajstić information content (AvgIpc) is 2.87. The number of rotatable bonds is 10. The molecule has 188 valence electrons. The number of aromatic hydroxyl groups is 1. The number of hydrogen-bond acceptors (Lipinski definition) is 7. The van der Waals surface area contributed by atoms with Crippen molar-refractivity contribution in [3.05, 3.63) is 82.4 Å². The van der Waals surface area contributed by atoms with Gasteiger partial charge in [-0.3, -0.25) is 9.59 Å². The maximum absolute atomic E-state index is 12.4. The molecule has 3 aromatic carbocycles. The van der Waals surface area contributed by atoms with Gasteiger partial charge in [0.2, 0.25) is 5.75 Å². The SMILES string of the molecule is COc1cc(C=NNC(=O)c2ccc(O)c(C(N)=O)c2)cc(OC)c1OCc1ccc(C(C)C)cc1. The van der Waals surface area contributed by atoms with Gasteiger partial charge in [0.25, 0.3) is 11.8 Å². The third kappa shape index (κ3) is 6.32. The van der Waals surface area contributed by atoms with Crippen LogP contribution < -0.4 is 25.4 Å². The Morgan fingerprint density at radius 1 is 1.03 bits per heavy atom. The minimum Gasteiger partial charge on any atom is -0.507 e. The van der Waals surface area contributed by atoms with E-state index in [1.165, 1.54) is 44.2 Å². The van der Waals surface area contributed by atoms with E-state index < -0.39 is 11.8 Å². The standard InChI is InChI=1S/C27H29N3O6/c1-16(2)19-7-5-17(6-8-19)15-36-25-23(34-3)11-18(12-24(25)35-4)14-29-30-27(33)20-9-10-22(31)21(13-20)26(28)32/h5-14,16,31H,15H2,1-4H3,(H2,28,32)(H,30,33). The summed E-state index contributed by atoms with van der Waals surface area (Å²) in [5.41, 5.74) is 10.4. The zero-order valence-electron chi connectivity index (χ0n) is 20.6. The van der Waals surface area contributed by atoms with Crippen molar-refractivity contribution >= 4 is 18.0 Å². The first-order chi connectivity index (χ1) is 17.2. The van der Waals surface area contributed by atoms with Gasteiger partial charge in [-0.25, -0.2) is 5.43 Å². The van der Waals surface area contributed by atoms with E-state index in [1.54, 1.807) is 12.1 Å². The molecule has 2 amide bonds. The number of hydrazone groups is 1. The Bertz CT molecular complexity index is 1240. The number of phenols is 1. The molecule has 0 aliphatic carbocycles. The van der Waals surface area contributed by atoms with Crippen molar-refractivity contribution in [2.24, 2.45) is 10.8 Å². The van der Waals surface area contributed by atoms with Crippen LogP contribution in [0.4, 0.5) is 0 Å². The maximum atomic E-state index is 12.4. The van der Waals surface area contributed by atoms with Crippen LogP contribution in [0.5, 0.6) is 23.0 Å². The summed E-state index contributed by atoms with van der Waals surface area (Å²) in [4.78, 5) is 23.7. The number of carbonyl (C=O) groups is 2. The van der Waals surface area contributed by atoms with Gasteiger partial charge in [0, 0.05) is 11.1 Å². The molecule has 0 aliphatic rings. The maximum Gasteiger partial charge on any atom is 0.271 e. The lowest BCUT2D eigenvalue weighted by Gasteiger charge is -2.15. The predicted octanol–water partition coefficient (Wildman–Crippen LogP) is 3.97. The molecule has 9 nitrogen and oxygen atoms in total. The lowest BCUT2D eigenvalue weighted by atomic mass is 10.0. The summed E-state index contributed by atoms with van der Waals surface area (Å²) in [6, 6.07) is 15.4. The summed E-state index contributed by atoms with van der Waals surface area (Å²) >= 11 is 0. The van der Waals surface area contributed by atoms with E-state index in [2.05, 4.69) is 36.5 Å². The van der Waals surface area contributed by atoms with Crippen LogP contribution in [0.3, 0.4) is 0 Å². The van der Waals surface area contributed by atoms with Crippen molar-refractivity contribution in [2.45, 2.75) is 26.4 Å². The number of ether oxygens (including phenoxy) is 3. The number of nitrogens with two attached hydrogens (primary N) is 1. The zero-order chi connectivity index (χ0) is 26.2. The van der Waals surface area contributed by atoms with Crippen LogP contribution in [0.2, 0.25) is 0 Å². The molecule has 0 saturated carbocycles. The van der Waals surface area contributed by atoms with Crippen LogP contribution >= 0.6 is 0 Å². The fourth-order valence-corrected chi connectivity index (χ4v) is 3.38. The van der Waals surface area contributed by atoms with E-state index in [-0.39, 0.29) is 16.9 Å². The number of amides is 2. The molecule has 4 N–H and O–H groups in total. The summed E-state index contributed by atoms with van der Waals surface area (Å²) in [5, 5.41) is 13.6. The number of nitrogens with zero attached hydrogens (tertiary/aromatic N) is 1. The molecule has 36 heavy (non-hydrogen) atoms. The molecule has 0 saturated heterocycles. The molecule has 0 bridgehead atoms. The van der Waals surface area contributed by atoms with Gasteiger partial charge in [0.1, 0.15) is 12.4 Å². The molecule has 3 aromatic rings. The number of primary amides is 1. The van der Waals surface area contributed by atoms with E-state index in [0.29, 0.717) is 35.3 Å². The van der Waals surface area contributed by atoms with Gasteiger partial charge in [-0.05, 0) is 47.4 Å². The number of nitrogens with one attached hydrogen (secondary N) is 1. The van der Waals surface area contributed by atoms with Crippen LogP contribution in [0.15, 0.2) is 59.7 Å². The molecule has 0 aliphatic heterocycles. The van der Waals surface area contributed by atoms with Crippen LogP contribution in [0.1, 0.15) is 57.2 Å². The van der Waals surface area contributed by atoms with Crippen LogP contribution in [0.25, 0.3) is 0 Å². The van der Waals surface area contributed by atoms with E-state index in [9.17, 15) is 14.7 Å². The Morgan fingerprint density at radius 2 is 1.67 bits per heavy atom. The summed E-state index contributed by atoms with van der Waals surface area (Å²) in [5.74, 6) is 0.0219. The molecule has 0 atom stereocenters. The number of methoxy groups -OCH3 is 2. The molecule has 3 rings (SSSR count). The first-order valence-electron chi connectivity index (χ1n) is 11.2. The van der Waals surface area contributed by atoms with Crippen molar-refractivity contribution in [2.75, 3.05) is 14.2 Å². The quantitative estimate of drug-likeness (QED) is 0.290. The lowest BCUT2D eigenvalue weighted by molar-refractivity contribution is 0.0955. The average molecular weight is 492 g/mol. The lowest BCUT2D eigenvalue weighted by Crippen LogP contribution is -2.19. The molecular formula is C27H29N3O6. The minimum absolute atomic E-state index is 0.110. The van der Waals surface area contributed by atoms with Crippen LogP contribution in [-0.4, -0.2) is 37.4 Å². The highest BCUT2D eigenvalue weighted by atomic mass is 16.5. The van der Waals surface area contributed by atoms with Crippen molar-refractivity contribution in [1.82, 2.24) is 5.43 Å². The Kier molecular flexibility index (Phi) is 8.51. The Hall–Kier alpha value is -4.53. The number of benzene rings is 3. The molecule has 0 aromatic heterocycles. The van der Waals surface area contributed by atoms with Gasteiger partial charge in [-0.1, -0.05) is 38.1 Å². The molecule has 0 unspecified atom stereocenters. The molecule has 0 radical (unpaired) electrons. The third-order valence-electron chi connectivity index (χ3n) is 5.42. The molecule has 0 heterocycles. The van der Waals surface area contributed by atoms with E-state index >= 15 is 0 Å². The smallest absolute Gasteiger partial charge is 0.271 e. The van der Waals surface area contributed by atoms with Crippen LogP contribution in [-0.2, 0) is 6.61 Å².